The van der Waals surface area contributed by atoms with Gasteiger partial charge in [-0.15, -0.1) is 0 Å². The van der Waals surface area contributed by atoms with E-state index < -0.39 is 30.3 Å². The van der Waals surface area contributed by atoms with E-state index in [1.54, 1.807) is 18.2 Å². The van der Waals surface area contributed by atoms with E-state index in [1.807, 2.05) is 24.3 Å². The fourth-order valence-corrected chi connectivity index (χ4v) is 5.62. The number of ether oxygens (including phenoxy) is 4. The van der Waals surface area contributed by atoms with E-state index in [2.05, 4.69) is 5.32 Å². The summed E-state index contributed by atoms with van der Waals surface area (Å²) in [6, 6.07) is 12.6. The lowest BCUT2D eigenvalue weighted by Crippen LogP contribution is -2.52. The first kappa shape index (κ1) is 27.7. The van der Waals surface area contributed by atoms with Crippen LogP contribution in [0.25, 0.3) is 0 Å². The number of carbonyl (C=O) groups excluding carboxylic acids is 2. The Morgan fingerprint density at radius 2 is 1.51 bits per heavy atom. The van der Waals surface area contributed by atoms with Crippen molar-refractivity contribution in [2.75, 3.05) is 13.1 Å². The zero-order chi connectivity index (χ0) is 27.2. The molecule has 0 bridgehead atoms. The third-order valence-corrected chi connectivity index (χ3v) is 7.82. The van der Waals surface area contributed by atoms with Gasteiger partial charge in [0.1, 0.15) is 12.2 Å². The van der Waals surface area contributed by atoms with Crippen molar-refractivity contribution in [2.45, 2.75) is 88.3 Å². The van der Waals surface area contributed by atoms with Gasteiger partial charge in [0.2, 0.25) is 12.2 Å². The summed E-state index contributed by atoms with van der Waals surface area (Å²) in [5, 5.41) is 14.2. The Morgan fingerprint density at radius 1 is 0.897 bits per heavy atom. The maximum atomic E-state index is 13.1. The number of aliphatic hydroxyl groups excluding tert-OH is 1. The van der Waals surface area contributed by atoms with Gasteiger partial charge in [0.25, 0.3) is 0 Å². The quantitative estimate of drug-likeness (QED) is 0.320. The third-order valence-electron chi connectivity index (χ3n) is 7.59. The molecule has 39 heavy (non-hydrogen) atoms. The SMILES string of the molecule is O=C(OC1CCCC1)C1Oc2ccc(CCNCC(O)c3cccc(Cl)c3)cc2OC1C(=O)OC1CCCC1. The van der Waals surface area contributed by atoms with Crippen LogP contribution in [0.3, 0.4) is 0 Å². The molecule has 2 N–H and O–H groups in total. The molecule has 9 heteroatoms. The minimum absolute atomic E-state index is 0.152. The number of carbonyl (C=O) groups is 2. The van der Waals surface area contributed by atoms with Crippen LogP contribution in [0.15, 0.2) is 42.5 Å². The lowest BCUT2D eigenvalue weighted by atomic mass is 10.1. The monoisotopic (exact) mass is 557 g/mol. The number of rotatable bonds is 10. The molecule has 0 saturated heterocycles. The van der Waals surface area contributed by atoms with Crippen molar-refractivity contribution in [2.24, 2.45) is 0 Å². The number of halogens is 1. The average molecular weight is 558 g/mol. The summed E-state index contributed by atoms with van der Waals surface area (Å²) >= 11 is 6.02. The molecule has 2 saturated carbocycles. The zero-order valence-corrected chi connectivity index (χ0v) is 22.7. The minimum Gasteiger partial charge on any atom is -0.470 e. The van der Waals surface area contributed by atoms with Crippen molar-refractivity contribution >= 4 is 23.5 Å². The van der Waals surface area contributed by atoms with Crippen LogP contribution < -0.4 is 14.8 Å². The molecule has 0 amide bonds. The van der Waals surface area contributed by atoms with Crippen LogP contribution in [0.5, 0.6) is 11.5 Å². The Morgan fingerprint density at radius 3 is 2.13 bits per heavy atom. The molecule has 2 aromatic rings. The second kappa shape index (κ2) is 13.0. The zero-order valence-electron chi connectivity index (χ0n) is 22.0. The van der Waals surface area contributed by atoms with Crippen LogP contribution in [0.2, 0.25) is 5.02 Å². The Bertz CT molecular complexity index is 1150. The normalized spacial score (nSPS) is 22.0. The Hall–Kier alpha value is -2.81. The summed E-state index contributed by atoms with van der Waals surface area (Å²) < 4.78 is 23.5. The standard InChI is InChI=1S/C30H36ClNO7/c31-21-7-5-6-20(17-21)24(33)18-32-15-14-19-12-13-25-26(16-19)39-28(30(35)37-23-10-3-4-11-23)27(38-25)29(34)36-22-8-1-2-9-22/h5-7,12-13,16-17,22-24,27-28,32-33H,1-4,8-11,14-15,18H2. The van der Waals surface area contributed by atoms with Gasteiger partial charge in [-0.1, -0.05) is 29.8 Å². The van der Waals surface area contributed by atoms with Crippen LogP contribution >= 0.6 is 11.6 Å². The molecular weight excluding hydrogens is 522 g/mol. The van der Waals surface area contributed by atoms with Crippen molar-refractivity contribution in [3.05, 3.63) is 58.6 Å². The van der Waals surface area contributed by atoms with Crippen LogP contribution in [-0.4, -0.2) is 54.6 Å². The molecule has 0 spiro atoms. The van der Waals surface area contributed by atoms with Gasteiger partial charge < -0.3 is 29.4 Å². The number of hydrogen-bond donors (Lipinski definition) is 2. The number of aliphatic hydroxyl groups is 1. The highest BCUT2D eigenvalue weighted by Gasteiger charge is 2.45. The molecule has 0 radical (unpaired) electrons. The Labute approximate surface area is 233 Å². The first-order chi connectivity index (χ1) is 19.0. The molecule has 1 heterocycles. The highest BCUT2D eigenvalue weighted by Crippen LogP contribution is 2.37. The van der Waals surface area contributed by atoms with Gasteiger partial charge in [0, 0.05) is 11.6 Å². The maximum Gasteiger partial charge on any atom is 0.352 e. The van der Waals surface area contributed by atoms with Crippen LogP contribution in [-0.2, 0) is 25.5 Å². The number of fused-ring (bicyclic) bond motifs is 1. The Kier molecular flexibility index (Phi) is 9.27. The van der Waals surface area contributed by atoms with Crippen molar-refractivity contribution in [1.29, 1.82) is 0 Å². The lowest BCUT2D eigenvalue weighted by molar-refractivity contribution is -0.177. The van der Waals surface area contributed by atoms with Gasteiger partial charge in [-0.25, -0.2) is 9.59 Å². The van der Waals surface area contributed by atoms with E-state index in [0.717, 1.165) is 62.5 Å². The number of esters is 2. The van der Waals surface area contributed by atoms with Crippen molar-refractivity contribution in [3.8, 4) is 11.5 Å². The topological polar surface area (TPSA) is 103 Å². The summed E-state index contributed by atoms with van der Waals surface area (Å²) in [6.07, 6.45) is 4.58. The van der Waals surface area contributed by atoms with Crippen molar-refractivity contribution in [1.82, 2.24) is 5.32 Å². The van der Waals surface area contributed by atoms with E-state index >= 15 is 0 Å². The van der Waals surface area contributed by atoms with E-state index in [0.29, 0.717) is 36.0 Å². The molecule has 2 fully saturated rings. The van der Waals surface area contributed by atoms with E-state index in [9.17, 15) is 14.7 Å². The largest absolute Gasteiger partial charge is 0.470 e. The molecular formula is C30H36ClNO7. The van der Waals surface area contributed by atoms with Crippen molar-refractivity contribution in [3.63, 3.8) is 0 Å². The first-order valence-corrected chi connectivity index (χ1v) is 14.4. The summed E-state index contributed by atoms with van der Waals surface area (Å²) in [7, 11) is 0. The second-order valence-electron chi connectivity index (χ2n) is 10.6. The number of nitrogens with one attached hydrogen (secondary N) is 1. The smallest absolute Gasteiger partial charge is 0.352 e. The molecule has 8 nitrogen and oxygen atoms in total. The molecule has 210 valence electrons. The van der Waals surface area contributed by atoms with Gasteiger partial charge in [-0.3, -0.25) is 0 Å². The van der Waals surface area contributed by atoms with Gasteiger partial charge >= 0.3 is 11.9 Å². The molecule has 2 aromatic carbocycles. The molecule has 1 aliphatic heterocycles. The number of benzene rings is 2. The maximum absolute atomic E-state index is 13.1. The van der Waals surface area contributed by atoms with E-state index in [1.165, 1.54) is 0 Å². The predicted octanol–water partition coefficient (Wildman–Crippen LogP) is 4.69. The van der Waals surface area contributed by atoms with Crippen LogP contribution in [0, 0.1) is 0 Å². The van der Waals surface area contributed by atoms with Gasteiger partial charge in [-0.05, 0) is 99.7 Å². The molecule has 3 atom stereocenters. The summed E-state index contributed by atoms with van der Waals surface area (Å²) in [6.45, 7) is 0.992. The van der Waals surface area contributed by atoms with Gasteiger partial charge in [0.15, 0.2) is 11.5 Å². The van der Waals surface area contributed by atoms with E-state index in [4.69, 9.17) is 30.5 Å². The fraction of sp³-hybridized carbons (Fsp3) is 0.533. The summed E-state index contributed by atoms with van der Waals surface area (Å²) in [5.74, 6) is -0.401. The van der Waals surface area contributed by atoms with Crippen LogP contribution in [0.4, 0.5) is 0 Å². The lowest BCUT2D eigenvalue weighted by Gasteiger charge is -2.32. The number of hydrogen-bond acceptors (Lipinski definition) is 8. The Balaban J connectivity index is 1.21. The molecule has 2 aliphatic carbocycles. The first-order valence-electron chi connectivity index (χ1n) is 14.0. The minimum atomic E-state index is -1.23. The highest BCUT2D eigenvalue weighted by molar-refractivity contribution is 6.30. The second-order valence-corrected chi connectivity index (χ2v) is 11.0. The summed E-state index contributed by atoms with van der Waals surface area (Å²) in [4.78, 5) is 26.2. The van der Waals surface area contributed by atoms with Crippen LogP contribution in [0.1, 0.15) is 68.6 Å². The highest BCUT2D eigenvalue weighted by atomic mass is 35.5. The predicted molar refractivity (Wildman–Crippen MR) is 145 cm³/mol. The molecule has 3 unspecified atom stereocenters. The third kappa shape index (κ3) is 7.24. The average Bonchev–Trinajstić information content (AvgIpc) is 3.65. The molecule has 0 aromatic heterocycles. The fourth-order valence-electron chi connectivity index (χ4n) is 5.42. The summed E-state index contributed by atoms with van der Waals surface area (Å²) in [5.41, 5.74) is 1.71. The van der Waals surface area contributed by atoms with E-state index in [-0.39, 0.29) is 12.2 Å². The molecule has 5 rings (SSSR count). The van der Waals surface area contributed by atoms with Gasteiger partial charge in [0.05, 0.1) is 6.10 Å². The molecule has 3 aliphatic rings. The van der Waals surface area contributed by atoms with Crippen molar-refractivity contribution < 1.29 is 33.6 Å². The van der Waals surface area contributed by atoms with Gasteiger partial charge in [-0.2, -0.15) is 0 Å².